The fourth-order valence-electron chi connectivity index (χ4n) is 6.03. The Bertz CT molecular complexity index is 1740. The van der Waals surface area contributed by atoms with Crippen molar-refractivity contribution in [3.8, 4) is 0 Å². The molecule has 2 amide bonds. The number of benzene rings is 4. The van der Waals surface area contributed by atoms with E-state index in [0.717, 1.165) is 46.7 Å². The number of carbonyl (C=O) groups is 2. The van der Waals surface area contributed by atoms with Crippen molar-refractivity contribution in [2.45, 2.75) is 75.4 Å². The summed E-state index contributed by atoms with van der Waals surface area (Å²) in [5.74, 6) is -0.509. The van der Waals surface area contributed by atoms with E-state index in [2.05, 4.69) is 19.2 Å². The minimum Gasteiger partial charge on any atom is -0.352 e. The zero-order chi connectivity index (χ0) is 33.4. The second-order valence-corrected chi connectivity index (χ2v) is 14.7. The summed E-state index contributed by atoms with van der Waals surface area (Å²) in [4.78, 5) is 30.4. The highest BCUT2D eigenvalue weighted by atomic mass is 35.5. The summed E-state index contributed by atoms with van der Waals surface area (Å²) in [5.41, 5.74) is 3.04. The maximum Gasteiger partial charge on any atom is 0.264 e. The smallest absolute Gasteiger partial charge is 0.264 e. The molecule has 9 heteroatoms. The number of amides is 2. The van der Waals surface area contributed by atoms with Crippen LogP contribution in [0.4, 0.5) is 5.69 Å². The topological polar surface area (TPSA) is 86.8 Å². The summed E-state index contributed by atoms with van der Waals surface area (Å²) < 4.78 is 29.5. The van der Waals surface area contributed by atoms with Crippen LogP contribution in [-0.4, -0.2) is 43.8 Å². The average Bonchev–Trinajstić information content (AvgIpc) is 3.59. The number of nitrogens with one attached hydrogen (secondary N) is 1. The first-order valence-corrected chi connectivity index (χ1v) is 18.0. The van der Waals surface area contributed by atoms with Crippen molar-refractivity contribution in [3.05, 3.63) is 131 Å². The molecule has 0 saturated heterocycles. The molecule has 4 aromatic carbocycles. The van der Waals surface area contributed by atoms with Crippen LogP contribution in [0.3, 0.4) is 0 Å². The molecule has 0 radical (unpaired) electrons. The lowest BCUT2D eigenvalue weighted by atomic mass is 10.0. The minimum absolute atomic E-state index is 0.0401. The van der Waals surface area contributed by atoms with Crippen molar-refractivity contribution in [1.29, 1.82) is 0 Å². The minimum atomic E-state index is -4.15. The standard InChI is InChI=1S/C38H42ClN3O4S/c1-28(2)31-20-22-34(23-21-31)42(47(45,46)35-18-7-4-8-19-35)27-37(43)41(26-30-14-11-15-32(39)24-30)36(25-29-12-5-3-6-13-29)38(44)40-33-16-9-10-17-33/h3-8,11-15,18-24,28,33,36H,9-10,16-17,25-27H2,1-2H3,(H,40,44). The first-order chi connectivity index (χ1) is 22.6. The quantitative estimate of drug-likeness (QED) is 0.161. The molecular weight excluding hydrogens is 630 g/mol. The van der Waals surface area contributed by atoms with Crippen molar-refractivity contribution in [2.75, 3.05) is 10.8 Å². The molecule has 7 nitrogen and oxygen atoms in total. The number of sulfonamides is 1. The predicted octanol–water partition coefficient (Wildman–Crippen LogP) is 7.36. The lowest BCUT2D eigenvalue weighted by Gasteiger charge is -2.34. The van der Waals surface area contributed by atoms with Gasteiger partial charge in [0.2, 0.25) is 11.8 Å². The van der Waals surface area contributed by atoms with Gasteiger partial charge in [0, 0.05) is 24.0 Å². The summed E-state index contributed by atoms with van der Waals surface area (Å²) in [6.45, 7) is 3.70. The van der Waals surface area contributed by atoms with E-state index in [4.69, 9.17) is 11.6 Å². The maximum atomic E-state index is 14.6. The molecule has 1 fully saturated rings. The summed E-state index contributed by atoms with van der Waals surface area (Å²) >= 11 is 6.35. The monoisotopic (exact) mass is 671 g/mol. The third-order valence-corrected chi connectivity index (χ3v) is 10.7. The molecule has 0 aromatic heterocycles. The molecule has 1 atom stereocenters. The van der Waals surface area contributed by atoms with Crippen LogP contribution in [0.15, 0.2) is 114 Å². The van der Waals surface area contributed by atoms with Crippen LogP contribution in [-0.2, 0) is 32.6 Å². The van der Waals surface area contributed by atoms with Crippen LogP contribution in [0.1, 0.15) is 62.1 Å². The van der Waals surface area contributed by atoms with Gasteiger partial charge in [0.15, 0.2) is 0 Å². The summed E-state index contributed by atoms with van der Waals surface area (Å²) in [6.07, 6.45) is 4.13. The third kappa shape index (κ3) is 8.82. The van der Waals surface area contributed by atoms with Crippen LogP contribution in [0.25, 0.3) is 0 Å². The van der Waals surface area contributed by atoms with Gasteiger partial charge in [0.05, 0.1) is 10.6 Å². The fraction of sp³-hybridized carbons (Fsp3) is 0.316. The highest BCUT2D eigenvalue weighted by molar-refractivity contribution is 7.92. The number of rotatable bonds is 13. The lowest BCUT2D eigenvalue weighted by molar-refractivity contribution is -0.140. The van der Waals surface area contributed by atoms with Crippen molar-refractivity contribution >= 4 is 39.1 Å². The molecule has 246 valence electrons. The Kier molecular flexibility index (Phi) is 11.4. The summed E-state index contributed by atoms with van der Waals surface area (Å²) in [7, 11) is -4.15. The Morgan fingerprint density at radius 1 is 0.830 bits per heavy atom. The molecule has 1 N–H and O–H groups in total. The molecule has 1 aliphatic rings. The predicted molar refractivity (Wildman–Crippen MR) is 188 cm³/mol. The number of hydrogen-bond donors (Lipinski definition) is 1. The maximum absolute atomic E-state index is 14.6. The van der Waals surface area contributed by atoms with Gasteiger partial charge >= 0.3 is 0 Å². The van der Waals surface area contributed by atoms with E-state index in [1.54, 1.807) is 48.5 Å². The molecule has 4 aromatic rings. The molecule has 1 saturated carbocycles. The number of hydrogen-bond acceptors (Lipinski definition) is 4. The molecule has 5 rings (SSSR count). The molecule has 1 unspecified atom stereocenters. The zero-order valence-corrected chi connectivity index (χ0v) is 28.5. The SMILES string of the molecule is CC(C)c1ccc(N(CC(=O)N(Cc2cccc(Cl)c2)C(Cc2ccccc2)C(=O)NC2CCCC2)S(=O)(=O)c2ccccc2)cc1. The lowest BCUT2D eigenvalue weighted by Crippen LogP contribution is -2.54. The third-order valence-electron chi connectivity index (χ3n) is 8.67. The number of anilines is 1. The number of halogens is 1. The highest BCUT2D eigenvalue weighted by Gasteiger charge is 2.35. The van der Waals surface area contributed by atoms with Crippen LogP contribution in [0, 0.1) is 0 Å². The van der Waals surface area contributed by atoms with E-state index in [9.17, 15) is 18.0 Å². The second-order valence-electron chi connectivity index (χ2n) is 12.4. The molecule has 0 aliphatic heterocycles. The summed E-state index contributed by atoms with van der Waals surface area (Å²) in [6, 6.07) is 31.2. The Morgan fingerprint density at radius 3 is 2.06 bits per heavy atom. The van der Waals surface area contributed by atoms with E-state index in [-0.39, 0.29) is 35.7 Å². The number of nitrogens with zero attached hydrogens (tertiary/aromatic N) is 2. The van der Waals surface area contributed by atoms with Crippen LogP contribution >= 0.6 is 11.6 Å². The Balaban J connectivity index is 1.56. The van der Waals surface area contributed by atoms with Gasteiger partial charge in [0.25, 0.3) is 10.0 Å². The van der Waals surface area contributed by atoms with E-state index in [0.29, 0.717) is 10.7 Å². The van der Waals surface area contributed by atoms with Gasteiger partial charge in [0.1, 0.15) is 12.6 Å². The molecule has 1 aliphatic carbocycles. The largest absolute Gasteiger partial charge is 0.352 e. The zero-order valence-electron chi connectivity index (χ0n) is 26.9. The molecular formula is C38H42ClN3O4S. The van der Waals surface area contributed by atoms with E-state index >= 15 is 0 Å². The van der Waals surface area contributed by atoms with Crippen molar-refractivity contribution in [3.63, 3.8) is 0 Å². The van der Waals surface area contributed by atoms with Crippen molar-refractivity contribution in [2.24, 2.45) is 0 Å². The Hall–Kier alpha value is -4.14. The van der Waals surface area contributed by atoms with Crippen LogP contribution in [0.2, 0.25) is 5.02 Å². The first kappa shape index (κ1) is 34.2. The fourth-order valence-corrected chi connectivity index (χ4v) is 7.68. The van der Waals surface area contributed by atoms with Gasteiger partial charge in [-0.25, -0.2) is 8.42 Å². The van der Waals surface area contributed by atoms with E-state index in [1.807, 2.05) is 48.5 Å². The normalized spacial score (nSPS) is 14.1. The molecule has 0 bridgehead atoms. The van der Waals surface area contributed by atoms with Gasteiger partial charge in [-0.15, -0.1) is 0 Å². The summed E-state index contributed by atoms with van der Waals surface area (Å²) in [5, 5.41) is 3.70. The Morgan fingerprint density at radius 2 is 1.45 bits per heavy atom. The van der Waals surface area contributed by atoms with E-state index in [1.165, 1.54) is 17.0 Å². The van der Waals surface area contributed by atoms with Gasteiger partial charge in [-0.1, -0.05) is 111 Å². The first-order valence-electron chi connectivity index (χ1n) is 16.2. The molecule has 0 spiro atoms. The van der Waals surface area contributed by atoms with Gasteiger partial charge in [-0.3, -0.25) is 13.9 Å². The van der Waals surface area contributed by atoms with Gasteiger partial charge in [-0.05, 0) is 71.8 Å². The molecule has 0 heterocycles. The van der Waals surface area contributed by atoms with Gasteiger partial charge < -0.3 is 10.2 Å². The van der Waals surface area contributed by atoms with Crippen LogP contribution < -0.4 is 9.62 Å². The highest BCUT2D eigenvalue weighted by Crippen LogP contribution is 2.27. The van der Waals surface area contributed by atoms with Gasteiger partial charge in [-0.2, -0.15) is 0 Å². The molecule has 47 heavy (non-hydrogen) atoms. The second kappa shape index (κ2) is 15.6. The van der Waals surface area contributed by atoms with Crippen LogP contribution in [0.5, 0.6) is 0 Å². The Labute approximate surface area is 283 Å². The average molecular weight is 672 g/mol. The van der Waals surface area contributed by atoms with E-state index < -0.39 is 28.5 Å². The number of carbonyl (C=O) groups excluding carboxylic acids is 2. The van der Waals surface area contributed by atoms with Crippen molar-refractivity contribution < 1.29 is 18.0 Å². The van der Waals surface area contributed by atoms with Crippen molar-refractivity contribution in [1.82, 2.24) is 10.2 Å².